The van der Waals surface area contributed by atoms with Gasteiger partial charge < -0.3 is 10.0 Å². The van der Waals surface area contributed by atoms with Crippen LogP contribution < -0.4 is 4.72 Å². The third-order valence-corrected chi connectivity index (χ3v) is 3.92. The summed E-state index contributed by atoms with van der Waals surface area (Å²) in [5.74, 6) is -2.32. The summed E-state index contributed by atoms with van der Waals surface area (Å²) in [7, 11) is -3.77. The van der Waals surface area contributed by atoms with Crippen LogP contribution in [-0.4, -0.2) is 55.2 Å². The lowest BCUT2D eigenvalue weighted by Gasteiger charge is -2.31. The van der Waals surface area contributed by atoms with E-state index in [-0.39, 0.29) is 11.9 Å². The summed E-state index contributed by atoms with van der Waals surface area (Å²) in [6, 6.07) is -0.282. The van der Waals surface area contributed by atoms with E-state index in [1.165, 1.54) is 6.92 Å². The molecule has 0 aromatic carbocycles. The Morgan fingerprint density at radius 1 is 1.35 bits per heavy atom. The highest BCUT2D eigenvalue weighted by Gasteiger charge is 2.25. The molecular weight excluding hydrogens is 248 g/mol. The second-order valence-corrected chi connectivity index (χ2v) is 5.80. The van der Waals surface area contributed by atoms with Gasteiger partial charge in [0.2, 0.25) is 15.9 Å². The summed E-state index contributed by atoms with van der Waals surface area (Å²) < 4.78 is 25.0. The number of hydrogen-bond acceptors (Lipinski definition) is 4. The summed E-state index contributed by atoms with van der Waals surface area (Å²) in [5.41, 5.74) is 0. The van der Waals surface area contributed by atoms with Gasteiger partial charge in [-0.25, -0.2) is 13.1 Å². The number of aliphatic carboxylic acids is 1. The molecule has 1 rings (SSSR count). The van der Waals surface area contributed by atoms with Crippen molar-refractivity contribution in [2.45, 2.75) is 25.8 Å². The van der Waals surface area contributed by atoms with Crippen molar-refractivity contribution in [2.24, 2.45) is 0 Å². The second kappa shape index (κ2) is 5.46. The number of amides is 1. The average Bonchev–Trinajstić information content (AvgIpc) is 2.15. The molecule has 0 spiro atoms. The SMILES string of the molecule is CC(=O)N1CCC(NS(=O)(=O)CC(=O)O)CC1. The molecule has 0 aliphatic carbocycles. The van der Waals surface area contributed by atoms with Crippen LogP contribution in [0.1, 0.15) is 19.8 Å². The summed E-state index contributed by atoms with van der Waals surface area (Å²) >= 11 is 0. The number of rotatable bonds is 4. The Balaban J connectivity index is 2.45. The minimum Gasteiger partial charge on any atom is -0.480 e. The van der Waals surface area contributed by atoms with Crippen molar-refractivity contribution in [1.29, 1.82) is 0 Å². The lowest BCUT2D eigenvalue weighted by atomic mass is 10.1. The fourth-order valence-electron chi connectivity index (χ4n) is 1.77. The summed E-state index contributed by atoms with van der Waals surface area (Å²) in [4.78, 5) is 23.0. The average molecular weight is 264 g/mol. The molecule has 8 heteroatoms. The van der Waals surface area contributed by atoms with Gasteiger partial charge in [0.15, 0.2) is 5.75 Å². The minimum absolute atomic E-state index is 0.0307. The quantitative estimate of drug-likeness (QED) is 0.678. The van der Waals surface area contributed by atoms with Gasteiger partial charge in [-0.15, -0.1) is 0 Å². The summed E-state index contributed by atoms with van der Waals surface area (Å²) in [5, 5.41) is 8.42. The van der Waals surface area contributed by atoms with Crippen LogP contribution in [0.25, 0.3) is 0 Å². The Kier molecular flexibility index (Phi) is 4.47. The maximum absolute atomic E-state index is 11.4. The van der Waals surface area contributed by atoms with E-state index in [0.29, 0.717) is 25.9 Å². The molecular formula is C9H16N2O5S. The first kappa shape index (κ1) is 13.9. The molecule has 0 aromatic heterocycles. The molecule has 0 unspecified atom stereocenters. The van der Waals surface area contributed by atoms with Crippen molar-refractivity contribution in [1.82, 2.24) is 9.62 Å². The van der Waals surface area contributed by atoms with Gasteiger partial charge in [-0.3, -0.25) is 9.59 Å². The van der Waals surface area contributed by atoms with Crippen molar-refractivity contribution >= 4 is 21.9 Å². The summed E-state index contributed by atoms with van der Waals surface area (Å²) in [6.07, 6.45) is 1.02. The van der Waals surface area contributed by atoms with E-state index in [9.17, 15) is 18.0 Å². The highest BCUT2D eigenvalue weighted by Crippen LogP contribution is 2.11. The lowest BCUT2D eigenvalue weighted by molar-refractivity contribution is -0.134. The fraction of sp³-hybridized carbons (Fsp3) is 0.778. The first-order chi connectivity index (χ1) is 7.80. The number of nitrogens with one attached hydrogen (secondary N) is 1. The predicted molar refractivity (Wildman–Crippen MR) is 59.8 cm³/mol. The number of carbonyl (C=O) groups excluding carboxylic acids is 1. The first-order valence-electron chi connectivity index (χ1n) is 5.27. The molecule has 1 heterocycles. The molecule has 1 fully saturated rings. The van der Waals surface area contributed by atoms with Crippen molar-refractivity contribution in [3.8, 4) is 0 Å². The molecule has 0 saturated carbocycles. The van der Waals surface area contributed by atoms with Crippen LogP contribution in [0.15, 0.2) is 0 Å². The normalized spacial score (nSPS) is 18.1. The second-order valence-electron chi connectivity index (χ2n) is 4.05. The van der Waals surface area contributed by atoms with E-state index in [1.54, 1.807) is 4.90 Å². The van der Waals surface area contributed by atoms with Gasteiger partial charge in [0.05, 0.1) is 0 Å². The van der Waals surface area contributed by atoms with E-state index >= 15 is 0 Å². The molecule has 0 aromatic rings. The molecule has 7 nitrogen and oxygen atoms in total. The minimum atomic E-state index is -3.77. The molecule has 98 valence electrons. The van der Waals surface area contributed by atoms with Gasteiger partial charge in [0.1, 0.15) is 0 Å². The van der Waals surface area contributed by atoms with Crippen LogP contribution in [0, 0.1) is 0 Å². The molecule has 17 heavy (non-hydrogen) atoms. The summed E-state index contributed by atoms with van der Waals surface area (Å²) in [6.45, 7) is 2.46. The molecule has 0 radical (unpaired) electrons. The van der Waals surface area contributed by atoms with Crippen molar-refractivity contribution in [2.75, 3.05) is 18.8 Å². The van der Waals surface area contributed by atoms with Crippen LogP contribution in [0.5, 0.6) is 0 Å². The van der Waals surface area contributed by atoms with Crippen LogP contribution in [0.3, 0.4) is 0 Å². The van der Waals surface area contributed by atoms with Crippen molar-refractivity contribution < 1.29 is 23.1 Å². The van der Waals surface area contributed by atoms with Crippen LogP contribution in [0.2, 0.25) is 0 Å². The lowest BCUT2D eigenvalue weighted by Crippen LogP contribution is -2.47. The molecule has 1 aliphatic heterocycles. The van der Waals surface area contributed by atoms with Gasteiger partial charge in [0, 0.05) is 26.1 Å². The molecule has 1 saturated heterocycles. The van der Waals surface area contributed by atoms with Gasteiger partial charge in [-0.1, -0.05) is 0 Å². The van der Waals surface area contributed by atoms with E-state index in [2.05, 4.69) is 4.72 Å². The topological polar surface area (TPSA) is 104 Å². The highest BCUT2D eigenvalue weighted by atomic mass is 32.2. The van der Waals surface area contributed by atoms with Gasteiger partial charge in [-0.05, 0) is 12.8 Å². The number of hydrogen-bond donors (Lipinski definition) is 2. The zero-order valence-corrected chi connectivity index (χ0v) is 10.4. The third-order valence-electron chi connectivity index (χ3n) is 2.60. The van der Waals surface area contributed by atoms with Gasteiger partial charge >= 0.3 is 5.97 Å². The number of carboxylic acid groups (broad SMARTS) is 1. The highest BCUT2D eigenvalue weighted by molar-refractivity contribution is 7.90. The number of likely N-dealkylation sites (tertiary alicyclic amines) is 1. The standard InChI is InChI=1S/C9H16N2O5S/c1-7(12)11-4-2-8(3-5-11)10-17(15,16)6-9(13)14/h8,10H,2-6H2,1H3,(H,13,14). The van der Waals surface area contributed by atoms with E-state index < -0.39 is 21.7 Å². The first-order valence-corrected chi connectivity index (χ1v) is 6.93. The number of carboxylic acids is 1. The smallest absolute Gasteiger partial charge is 0.320 e. The predicted octanol–water partition coefficient (Wildman–Crippen LogP) is -0.999. The van der Waals surface area contributed by atoms with Gasteiger partial charge in [0.25, 0.3) is 0 Å². The Morgan fingerprint density at radius 3 is 2.29 bits per heavy atom. The van der Waals surface area contributed by atoms with Crippen molar-refractivity contribution in [3.05, 3.63) is 0 Å². The molecule has 0 atom stereocenters. The Morgan fingerprint density at radius 2 is 1.88 bits per heavy atom. The zero-order valence-electron chi connectivity index (χ0n) is 9.55. The number of carbonyl (C=O) groups is 2. The maximum Gasteiger partial charge on any atom is 0.320 e. The number of nitrogens with zero attached hydrogens (tertiary/aromatic N) is 1. The third kappa shape index (κ3) is 4.70. The monoisotopic (exact) mass is 264 g/mol. The zero-order chi connectivity index (χ0) is 13.1. The van der Waals surface area contributed by atoms with Crippen molar-refractivity contribution in [3.63, 3.8) is 0 Å². The number of piperidine rings is 1. The van der Waals surface area contributed by atoms with E-state index in [1.807, 2.05) is 0 Å². The fourth-order valence-corrected chi connectivity index (χ4v) is 2.92. The Labute approximate surface area is 99.8 Å². The number of sulfonamides is 1. The molecule has 1 amide bonds. The largest absolute Gasteiger partial charge is 0.480 e. The molecule has 1 aliphatic rings. The Hall–Kier alpha value is -1.15. The van der Waals surface area contributed by atoms with E-state index in [4.69, 9.17) is 5.11 Å². The van der Waals surface area contributed by atoms with E-state index in [0.717, 1.165) is 0 Å². The maximum atomic E-state index is 11.4. The van der Waals surface area contributed by atoms with Gasteiger partial charge in [-0.2, -0.15) is 0 Å². The Bertz CT molecular complexity index is 398. The van der Waals surface area contributed by atoms with Crippen LogP contribution in [-0.2, 0) is 19.6 Å². The molecule has 0 bridgehead atoms. The molecule has 2 N–H and O–H groups in total. The van der Waals surface area contributed by atoms with Crippen LogP contribution in [0.4, 0.5) is 0 Å². The van der Waals surface area contributed by atoms with Crippen LogP contribution >= 0.6 is 0 Å².